The number of fused-ring (bicyclic) bond motifs is 2. The molecule has 2 bridgehead atoms. The van der Waals surface area contributed by atoms with Gasteiger partial charge in [0.2, 0.25) is 0 Å². The number of cyclic esters (lactones) is 1. The summed E-state index contributed by atoms with van der Waals surface area (Å²) < 4.78 is 12.0. The predicted molar refractivity (Wildman–Crippen MR) is 186 cm³/mol. The van der Waals surface area contributed by atoms with Crippen LogP contribution in [0.15, 0.2) is 60.3 Å². The van der Waals surface area contributed by atoms with Crippen LogP contribution in [-0.4, -0.2) is 92.2 Å². The Labute approximate surface area is 287 Å². The second-order valence-corrected chi connectivity index (χ2v) is 14.9. The monoisotopic (exact) mass is 663 g/mol. The molecule has 4 heterocycles. The smallest absolute Gasteiger partial charge is 0.410 e. The molecule has 0 spiro atoms. The highest BCUT2D eigenvalue weighted by Gasteiger charge is 2.45. The summed E-state index contributed by atoms with van der Waals surface area (Å²) in [6, 6.07) is 7.17. The number of aliphatic hydroxyl groups excluding tert-OH is 1. The lowest BCUT2D eigenvalue weighted by Crippen LogP contribution is -2.59. The first kappa shape index (κ1) is 36.3. The molecule has 9 nitrogen and oxygen atoms in total. The van der Waals surface area contributed by atoms with Crippen molar-refractivity contribution in [3.63, 3.8) is 0 Å². The van der Waals surface area contributed by atoms with E-state index in [1.165, 1.54) is 38.5 Å². The Bertz CT molecular complexity index is 1290. The maximum absolute atomic E-state index is 13.7. The SMILES string of the molecule is C/C(=C\C=C\[C@H](C)c1ccccn1)[C@H]1OC(=O)C[C@@H](O)CC[C@](C)(O)[C@@H](OC(=O)N2CC3CCC(C2)N3C2CCCCCC2)/C=C/[C@@H]1C. The molecule has 264 valence electrons. The van der Waals surface area contributed by atoms with Crippen LogP contribution < -0.4 is 0 Å². The van der Waals surface area contributed by atoms with Gasteiger partial charge < -0.3 is 24.6 Å². The van der Waals surface area contributed by atoms with Crippen molar-refractivity contribution in [3.8, 4) is 0 Å². The van der Waals surface area contributed by atoms with Gasteiger partial charge in [0.25, 0.3) is 0 Å². The van der Waals surface area contributed by atoms with Gasteiger partial charge in [-0.3, -0.25) is 14.7 Å². The van der Waals surface area contributed by atoms with Crippen LogP contribution in [-0.2, 0) is 14.3 Å². The first-order valence-corrected chi connectivity index (χ1v) is 18.3. The van der Waals surface area contributed by atoms with Crippen LogP contribution in [0.3, 0.4) is 0 Å². The second-order valence-electron chi connectivity index (χ2n) is 14.9. The minimum absolute atomic E-state index is 0.106. The van der Waals surface area contributed by atoms with Gasteiger partial charge in [-0.05, 0) is 76.2 Å². The summed E-state index contributed by atoms with van der Waals surface area (Å²) in [7, 11) is 0. The summed E-state index contributed by atoms with van der Waals surface area (Å²) in [6.07, 6.45) is 18.4. The molecule has 3 fully saturated rings. The van der Waals surface area contributed by atoms with E-state index >= 15 is 0 Å². The number of carbonyl (C=O) groups excluding carboxylic acids is 2. The minimum atomic E-state index is -1.44. The van der Waals surface area contributed by atoms with Crippen LogP contribution in [0.4, 0.5) is 4.79 Å². The third-order valence-corrected chi connectivity index (χ3v) is 11.0. The summed E-state index contributed by atoms with van der Waals surface area (Å²) in [5.74, 6) is -0.680. The standard InChI is InChI=1S/C39H57N3O6/c1-27(34-16-9-10-23-40-34)12-11-13-28(2)37-29(3)17-20-35(39(4,46)22-21-33(43)24-36(44)48-37)47-38(45)41-25-31-18-19-32(26-41)42(31)30-14-7-5-6-8-15-30/h9-13,16-17,20,23,27,29-33,35,37,43,46H,5-8,14-15,18-19,21-22,24-26H2,1-4H3/b12-11+,20-17+,28-13+/t27-,29-,31?,32?,33-,35-,37+,39-/m0/s1. The molecule has 1 aliphatic carbocycles. The van der Waals surface area contributed by atoms with E-state index in [0.29, 0.717) is 31.2 Å². The van der Waals surface area contributed by atoms with Crippen molar-refractivity contribution in [3.05, 3.63) is 66.0 Å². The number of esters is 1. The lowest BCUT2D eigenvalue weighted by molar-refractivity contribution is -0.151. The van der Waals surface area contributed by atoms with Gasteiger partial charge >= 0.3 is 12.1 Å². The van der Waals surface area contributed by atoms with Crippen LogP contribution in [0.1, 0.15) is 110 Å². The normalized spacial score (nSPS) is 34.5. The number of hydrogen-bond donors (Lipinski definition) is 2. The number of piperazine rings is 1. The van der Waals surface area contributed by atoms with Gasteiger partial charge in [0.1, 0.15) is 11.7 Å². The van der Waals surface area contributed by atoms with E-state index in [2.05, 4.69) is 16.8 Å². The number of pyridine rings is 1. The molecule has 48 heavy (non-hydrogen) atoms. The van der Waals surface area contributed by atoms with Crippen molar-refractivity contribution in [2.24, 2.45) is 5.92 Å². The van der Waals surface area contributed by atoms with Crippen molar-refractivity contribution in [1.29, 1.82) is 0 Å². The van der Waals surface area contributed by atoms with E-state index in [4.69, 9.17) is 9.47 Å². The van der Waals surface area contributed by atoms with E-state index in [1.807, 2.05) is 61.3 Å². The van der Waals surface area contributed by atoms with Crippen molar-refractivity contribution in [1.82, 2.24) is 14.8 Å². The Balaban J connectivity index is 1.29. The molecule has 1 aromatic heterocycles. The van der Waals surface area contributed by atoms with Crippen LogP contribution in [0, 0.1) is 5.92 Å². The lowest BCUT2D eigenvalue weighted by Gasteiger charge is -2.45. The third-order valence-electron chi connectivity index (χ3n) is 11.0. The van der Waals surface area contributed by atoms with Gasteiger partial charge in [0, 0.05) is 54.9 Å². The fourth-order valence-corrected chi connectivity index (χ4v) is 8.08. The van der Waals surface area contributed by atoms with Crippen LogP contribution in [0.25, 0.3) is 0 Å². The predicted octanol–water partition coefficient (Wildman–Crippen LogP) is 6.46. The molecule has 1 saturated carbocycles. The molecule has 1 aromatic rings. The average Bonchev–Trinajstić information content (AvgIpc) is 3.23. The molecule has 0 aromatic carbocycles. The molecule has 8 atom stereocenters. The van der Waals surface area contributed by atoms with Crippen molar-refractivity contribution in [2.75, 3.05) is 13.1 Å². The second kappa shape index (κ2) is 16.6. The summed E-state index contributed by atoms with van der Waals surface area (Å²) in [6.45, 7) is 8.85. The number of carbonyl (C=O) groups is 2. The highest BCUT2D eigenvalue weighted by Crippen LogP contribution is 2.37. The van der Waals surface area contributed by atoms with Crippen LogP contribution >= 0.6 is 0 Å². The van der Waals surface area contributed by atoms with E-state index in [0.717, 1.165) is 24.1 Å². The van der Waals surface area contributed by atoms with Crippen molar-refractivity contribution >= 4 is 12.1 Å². The molecule has 4 aliphatic rings. The fraction of sp³-hybridized carbons (Fsp3) is 0.667. The molecule has 2 unspecified atom stereocenters. The van der Waals surface area contributed by atoms with E-state index in [9.17, 15) is 19.8 Å². The van der Waals surface area contributed by atoms with Crippen molar-refractivity contribution in [2.45, 2.75) is 146 Å². The number of likely N-dealkylation sites (tertiary alicyclic amines) is 1. The zero-order valence-electron chi connectivity index (χ0n) is 29.4. The summed E-state index contributed by atoms with van der Waals surface area (Å²) in [5.41, 5.74) is 0.352. The highest BCUT2D eigenvalue weighted by molar-refractivity contribution is 5.70. The molecule has 9 heteroatoms. The first-order valence-electron chi connectivity index (χ1n) is 18.3. The molecule has 5 rings (SSSR count). The Hall–Kier alpha value is -3.01. The molecule has 2 saturated heterocycles. The molecular weight excluding hydrogens is 606 g/mol. The van der Waals surface area contributed by atoms with Gasteiger partial charge in [-0.2, -0.15) is 0 Å². The molecule has 3 aliphatic heterocycles. The molecule has 0 radical (unpaired) electrons. The number of amides is 1. The number of rotatable bonds is 6. The number of aromatic nitrogens is 1. The average molecular weight is 664 g/mol. The Morgan fingerprint density at radius 3 is 2.44 bits per heavy atom. The maximum Gasteiger partial charge on any atom is 0.410 e. The number of hydrogen-bond acceptors (Lipinski definition) is 8. The number of nitrogens with zero attached hydrogens (tertiary/aromatic N) is 3. The van der Waals surface area contributed by atoms with Gasteiger partial charge in [-0.15, -0.1) is 0 Å². The maximum atomic E-state index is 13.7. The van der Waals surface area contributed by atoms with Gasteiger partial charge in [-0.25, -0.2) is 4.79 Å². The Morgan fingerprint density at radius 2 is 1.77 bits per heavy atom. The number of ether oxygens (including phenoxy) is 2. The summed E-state index contributed by atoms with van der Waals surface area (Å²) >= 11 is 0. The molecule has 1 amide bonds. The summed E-state index contributed by atoms with van der Waals surface area (Å²) in [5, 5.41) is 22.3. The topological polar surface area (TPSA) is 112 Å². The molecule has 2 N–H and O–H groups in total. The van der Waals surface area contributed by atoms with Gasteiger partial charge in [-0.1, -0.05) is 69.9 Å². The number of allylic oxidation sites excluding steroid dienone is 3. The third kappa shape index (κ3) is 9.36. The Morgan fingerprint density at radius 1 is 1.06 bits per heavy atom. The molecular formula is C39H57N3O6. The fourth-order valence-electron chi connectivity index (χ4n) is 8.08. The van der Waals surface area contributed by atoms with Gasteiger partial charge in [0.05, 0.1) is 12.5 Å². The highest BCUT2D eigenvalue weighted by atomic mass is 16.6. The minimum Gasteiger partial charge on any atom is -0.457 e. The van der Waals surface area contributed by atoms with E-state index in [-0.39, 0.29) is 31.1 Å². The summed E-state index contributed by atoms with van der Waals surface area (Å²) in [4.78, 5) is 35.6. The largest absolute Gasteiger partial charge is 0.457 e. The van der Waals surface area contributed by atoms with Crippen LogP contribution in [0.2, 0.25) is 0 Å². The van der Waals surface area contributed by atoms with Crippen molar-refractivity contribution < 1.29 is 29.3 Å². The zero-order chi connectivity index (χ0) is 34.3. The first-order chi connectivity index (χ1) is 23.0. The van der Waals surface area contributed by atoms with E-state index < -0.39 is 36.0 Å². The van der Waals surface area contributed by atoms with E-state index in [1.54, 1.807) is 19.2 Å². The Kier molecular flexibility index (Phi) is 12.5. The lowest BCUT2D eigenvalue weighted by atomic mass is 9.88. The quantitative estimate of drug-likeness (QED) is 0.154. The van der Waals surface area contributed by atoms with Crippen LogP contribution in [0.5, 0.6) is 0 Å². The number of aliphatic hydroxyl groups is 2. The zero-order valence-corrected chi connectivity index (χ0v) is 29.4. The van der Waals surface area contributed by atoms with Gasteiger partial charge in [0.15, 0.2) is 6.10 Å².